The molecular weight excluding hydrogens is 132 g/mol. The highest BCUT2D eigenvalue weighted by molar-refractivity contribution is 5.84. The number of hydrogen-bond donors (Lipinski definition) is 2. The molecule has 0 bridgehead atoms. The molecule has 2 N–H and O–H groups in total. The summed E-state index contributed by atoms with van der Waals surface area (Å²) in [5.41, 5.74) is 0.683. The molecule has 0 aliphatic heterocycles. The van der Waals surface area contributed by atoms with Gasteiger partial charge in [-0.1, -0.05) is 0 Å². The van der Waals surface area contributed by atoms with E-state index in [1.165, 1.54) is 6.08 Å². The summed E-state index contributed by atoms with van der Waals surface area (Å²) in [4.78, 5) is 9.97. The standard InChI is InChI=1S/C6H6N2O2/c9-6(10)2-1-5-3-4-7-8-5/h1-4H,(H,7,8)(H,9,10)/b2-1-. The largest absolute Gasteiger partial charge is 0.478 e. The third-order valence-corrected chi connectivity index (χ3v) is 0.928. The molecule has 0 atom stereocenters. The van der Waals surface area contributed by atoms with Crippen LogP contribution in [0.4, 0.5) is 0 Å². The van der Waals surface area contributed by atoms with Gasteiger partial charge in [-0.3, -0.25) is 5.10 Å². The second kappa shape index (κ2) is 2.82. The summed E-state index contributed by atoms with van der Waals surface area (Å²) in [6.07, 6.45) is 4.05. The molecule has 0 aliphatic carbocycles. The normalized spacial score (nSPS) is 10.4. The van der Waals surface area contributed by atoms with E-state index in [1.54, 1.807) is 12.3 Å². The number of nitrogens with zero attached hydrogens (tertiary/aromatic N) is 1. The second-order valence-corrected chi connectivity index (χ2v) is 1.68. The Bertz CT molecular complexity index is 238. The van der Waals surface area contributed by atoms with Gasteiger partial charge in [-0.15, -0.1) is 0 Å². The summed E-state index contributed by atoms with van der Waals surface area (Å²) in [6, 6.07) is 1.68. The maximum atomic E-state index is 9.97. The van der Waals surface area contributed by atoms with Crippen LogP contribution in [-0.4, -0.2) is 21.3 Å². The van der Waals surface area contributed by atoms with E-state index in [1.807, 2.05) is 0 Å². The molecule has 0 fully saturated rings. The van der Waals surface area contributed by atoms with Crippen LogP contribution in [0.15, 0.2) is 18.3 Å². The first-order valence-electron chi connectivity index (χ1n) is 2.69. The molecule has 0 saturated carbocycles. The molecule has 1 rings (SSSR count). The molecule has 4 heteroatoms. The SMILES string of the molecule is O=C(O)/C=C\c1ccn[nH]1. The Morgan fingerprint density at radius 3 is 3.10 bits per heavy atom. The van der Waals surface area contributed by atoms with Gasteiger partial charge in [-0.05, 0) is 12.1 Å². The van der Waals surface area contributed by atoms with E-state index < -0.39 is 5.97 Å². The Balaban J connectivity index is 2.64. The smallest absolute Gasteiger partial charge is 0.328 e. The predicted octanol–water partition coefficient (Wildman–Crippen LogP) is 0.508. The van der Waals surface area contributed by atoms with Crippen LogP contribution in [0.3, 0.4) is 0 Å². The Morgan fingerprint density at radius 2 is 2.60 bits per heavy atom. The number of aromatic nitrogens is 2. The summed E-state index contributed by atoms with van der Waals surface area (Å²) < 4.78 is 0. The summed E-state index contributed by atoms with van der Waals surface area (Å²) in [6.45, 7) is 0. The molecule has 0 saturated heterocycles. The van der Waals surface area contributed by atoms with Crippen LogP contribution >= 0.6 is 0 Å². The zero-order chi connectivity index (χ0) is 7.40. The van der Waals surface area contributed by atoms with Crippen LogP contribution in [0.25, 0.3) is 6.08 Å². The summed E-state index contributed by atoms with van der Waals surface area (Å²) in [5, 5.41) is 14.4. The zero-order valence-corrected chi connectivity index (χ0v) is 5.11. The number of nitrogens with one attached hydrogen (secondary N) is 1. The van der Waals surface area contributed by atoms with Gasteiger partial charge in [0, 0.05) is 12.3 Å². The maximum absolute atomic E-state index is 9.97. The van der Waals surface area contributed by atoms with E-state index in [-0.39, 0.29) is 0 Å². The van der Waals surface area contributed by atoms with E-state index in [0.717, 1.165) is 6.08 Å². The van der Waals surface area contributed by atoms with E-state index in [2.05, 4.69) is 10.2 Å². The van der Waals surface area contributed by atoms with Gasteiger partial charge >= 0.3 is 5.97 Å². The van der Waals surface area contributed by atoms with Gasteiger partial charge in [0.2, 0.25) is 0 Å². The van der Waals surface area contributed by atoms with Gasteiger partial charge < -0.3 is 5.11 Å². The number of aromatic amines is 1. The molecule has 0 amide bonds. The van der Waals surface area contributed by atoms with Gasteiger partial charge in [0.15, 0.2) is 0 Å². The van der Waals surface area contributed by atoms with Gasteiger partial charge in [-0.2, -0.15) is 5.10 Å². The first-order chi connectivity index (χ1) is 4.79. The second-order valence-electron chi connectivity index (χ2n) is 1.68. The first-order valence-corrected chi connectivity index (χ1v) is 2.69. The molecule has 4 nitrogen and oxygen atoms in total. The predicted molar refractivity (Wildman–Crippen MR) is 35.3 cm³/mol. The lowest BCUT2D eigenvalue weighted by atomic mass is 10.4. The summed E-state index contributed by atoms with van der Waals surface area (Å²) in [7, 11) is 0. The average Bonchev–Trinajstić information content (AvgIpc) is 2.34. The highest BCUT2D eigenvalue weighted by Gasteiger charge is 1.87. The lowest BCUT2D eigenvalue weighted by Gasteiger charge is -1.79. The first kappa shape index (κ1) is 6.54. The molecule has 0 spiro atoms. The van der Waals surface area contributed by atoms with Crippen molar-refractivity contribution in [3.05, 3.63) is 24.0 Å². The number of carbonyl (C=O) groups is 1. The van der Waals surface area contributed by atoms with Crippen LogP contribution in [0.2, 0.25) is 0 Å². The Hall–Kier alpha value is -1.58. The van der Waals surface area contributed by atoms with Gasteiger partial charge in [0.1, 0.15) is 0 Å². The molecule has 0 aliphatic rings. The van der Waals surface area contributed by atoms with Crippen molar-refractivity contribution in [3.8, 4) is 0 Å². The molecule has 0 radical (unpaired) electrons. The lowest BCUT2D eigenvalue weighted by molar-refractivity contribution is -0.131. The molecule has 1 aromatic rings. The van der Waals surface area contributed by atoms with E-state index in [0.29, 0.717) is 5.69 Å². The van der Waals surface area contributed by atoms with Gasteiger partial charge in [0.25, 0.3) is 0 Å². The number of carboxylic acid groups (broad SMARTS) is 1. The van der Waals surface area contributed by atoms with Crippen molar-refractivity contribution in [2.75, 3.05) is 0 Å². The number of carboxylic acids is 1. The van der Waals surface area contributed by atoms with Crippen LogP contribution in [-0.2, 0) is 4.79 Å². The van der Waals surface area contributed by atoms with E-state index in [4.69, 9.17) is 5.11 Å². The van der Waals surface area contributed by atoms with Crippen molar-refractivity contribution >= 4 is 12.0 Å². The van der Waals surface area contributed by atoms with Crippen molar-refractivity contribution < 1.29 is 9.90 Å². The maximum Gasteiger partial charge on any atom is 0.328 e. The van der Waals surface area contributed by atoms with Gasteiger partial charge in [0.05, 0.1) is 5.69 Å². The fourth-order valence-corrected chi connectivity index (χ4v) is 0.521. The molecule has 0 aromatic carbocycles. The minimum absolute atomic E-state index is 0.683. The zero-order valence-electron chi connectivity index (χ0n) is 5.11. The van der Waals surface area contributed by atoms with Crippen molar-refractivity contribution in [3.63, 3.8) is 0 Å². The van der Waals surface area contributed by atoms with Crippen molar-refractivity contribution in [1.29, 1.82) is 0 Å². The Morgan fingerprint density at radius 1 is 1.80 bits per heavy atom. The number of hydrogen-bond acceptors (Lipinski definition) is 2. The molecule has 52 valence electrons. The quantitative estimate of drug-likeness (QED) is 0.585. The minimum Gasteiger partial charge on any atom is -0.478 e. The van der Waals surface area contributed by atoms with Crippen LogP contribution < -0.4 is 0 Å². The van der Waals surface area contributed by atoms with Crippen LogP contribution in [0, 0.1) is 0 Å². The third kappa shape index (κ3) is 1.74. The Labute approximate surface area is 57.2 Å². The van der Waals surface area contributed by atoms with E-state index in [9.17, 15) is 4.79 Å². The fraction of sp³-hybridized carbons (Fsp3) is 0. The highest BCUT2D eigenvalue weighted by atomic mass is 16.4. The average molecular weight is 138 g/mol. The molecular formula is C6H6N2O2. The topological polar surface area (TPSA) is 66.0 Å². The molecule has 0 unspecified atom stereocenters. The number of aliphatic carboxylic acids is 1. The van der Waals surface area contributed by atoms with Gasteiger partial charge in [-0.25, -0.2) is 4.79 Å². The minimum atomic E-state index is -0.963. The molecule has 1 heterocycles. The number of H-pyrrole nitrogens is 1. The Kier molecular flexibility index (Phi) is 1.84. The van der Waals surface area contributed by atoms with Crippen molar-refractivity contribution in [1.82, 2.24) is 10.2 Å². The van der Waals surface area contributed by atoms with Crippen LogP contribution in [0.1, 0.15) is 5.69 Å². The van der Waals surface area contributed by atoms with E-state index >= 15 is 0 Å². The number of rotatable bonds is 2. The van der Waals surface area contributed by atoms with Crippen LogP contribution in [0.5, 0.6) is 0 Å². The van der Waals surface area contributed by atoms with Crippen molar-refractivity contribution in [2.45, 2.75) is 0 Å². The fourth-order valence-electron chi connectivity index (χ4n) is 0.521. The summed E-state index contributed by atoms with van der Waals surface area (Å²) >= 11 is 0. The lowest BCUT2D eigenvalue weighted by Crippen LogP contribution is -1.85. The molecule has 1 aromatic heterocycles. The summed E-state index contributed by atoms with van der Waals surface area (Å²) in [5.74, 6) is -0.963. The monoisotopic (exact) mass is 138 g/mol. The highest BCUT2D eigenvalue weighted by Crippen LogP contribution is 1.93. The molecule has 10 heavy (non-hydrogen) atoms. The third-order valence-electron chi connectivity index (χ3n) is 0.928. The van der Waals surface area contributed by atoms with Crippen molar-refractivity contribution in [2.24, 2.45) is 0 Å².